The molecular weight excluding hydrogens is 367 g/mol. The average Bonchev–Trinajstić information content (AvgIpc) is 3.05. The molecule has 1 unspecified atom stereocenters. The molecule has 5 rings (SSSR count). The summed E-state index contributed by atoms with van der Waals surface area (Å²) in [6, 6.07) is 5.58. The molecule has 4 aliphatic rings. The van der Waals surface area contributed by atoms with E-state index in [1.54, 1.807) is 13.0 Å². The molecule has 0 spiro atoms. The molecule has 0 amide bonds. The van der Waals surface area contributed by atoms with Gasteiger partial charge in [0, 0.05) is 43.3 Å². The van der Waals surface area contributed by atoms with Crippen LogP contribution in [0.4, 0.5) is 4.39 Å². The molecule has 1 aromatic carbocycles. The predicted octanol–water partition coefficient (Wildman–Crippen LogP) is 2.99. The molecule has 0 radical (unpaired) electrons. The summed E-state index contributed by atoms with van der Waals surface area (Å²) in [7, 11) is 0. The lowest BCUT2D eigenvalue weighted by atomic mass is 10.0. The van der Waals surface area contributed by atoms with E-state index in [0.29, 0.717) is 23.8 Å². The zero-order valence-corrected chi connectivity index (χ0v) is 16.3. The fourth-order valence-corrected chi connectivity index (χ4v) is 4.19. The number of aryl methyl sites for hydroxylation is 1. The van der Waals surface area contributed by atoms with Crippen LogP contribution in [0.25, 0.3) is 5.70 Å². The summed E-state index contributed by atoms with van der Waals surface area (Å²) in [6.45, 7) is 8.61. The monoisotopic (exact) mass is 390 g/mol. The number of halogens is 1. The van der Waals surface area contributed by atoms with E-state index in [1.807, 2.05) is 23.1 Å². The fourth-order valence-electron chi connectivity index (χ4n) is 4.19. The van der Waals surface area contributed by atoms with Crippen LogP contribution in [0.3, 0.4) is 0 Å². The lowest BCUT2D eigenvalue weighted by Crippen LogP contribution is -2.42. The van der Waals surface area contributed by atoms with E-state index < -0.39 is 0 Å². The number of amidine groups is 1. The molecule has 1 fully saturated rings. The molecule has 1 N–H and O–H groups in total. The van der Waals surface area contributed by atoms with Crippen LogP contribution in [-0.2, 0) is 0 Å². The highest BCUT2D eigenvalue weighted by Crippen LogP contribution is 2.34. The molecule has 0 aromatic heterocycles. The second kappa shape index (κ2) is 6.74. The highest BCUT2D eigenvalue weighted by atomic mass is 19.1. The van der Waals surface area contributed by atoms with Gasteiger partial charge >= 0.3 is 0 Å². The van der Waals surface area contributed by atoms with Crippen LogP contribution in [0, 0.1) is 12.7 Å². The van der Waals surface area contributed by atoms with Gasteiger partial charge in [-0.1, -0.05) is 18.7 Å². The van der Waals surface area contributed by atoms with Crippen molar-refractivity contribution < 1.29 is 9.50 Å². The van der Waals surface area contributed by atoms with Crippen molar-refractivity contribution in [1.82, 2.24) is 14.7 Å². The largest absolute Gasteiger partial charge is 0.395 e. The summed E-state index contributed by atoms with van der Waals surface area (Å²) in [5.74, 6) is 0.548. The smallest absolute Gasteiger partial charge is 0.137 e. The average molecular weight is 390 g/mol. The first kappa shape index (κ1) is 17.9. The highest BCUT2D eigenvalue weighted by Gasteiger charge is 2.38. The van der Waals surface area contributed by atoms with Gasteiger partial charge in [0.2, 0.25) is 0 Å². The maximum atomic E-state index is 14.0. The lowest BCUT2D eigenvalue weighted by molar-refractivity contribution is 0.192. The molecule has 4 aliphatic heterocycles. The van der Waals surface area contributed by atoms with Gasteiger partial charge in [-0.3, -0.25) is 0 Å². The summed E-state index contributed by atoms with van der Waals surface area (Å²) in [5, 5.41) is 9.16. The Kier molecular flexibility index (Phi) is 4.17. The van der Waals surface area contributed by atoms with Crippen LogP contribution >= 0.6 is 0 Å². The third kappa shape index (κ3) is 3.00. The van der Waals surface area contributed by atoms with Crippen molar-refractivity contribution in [3.8, 4) is 0 Å². The molecular formula is C23H23FN4O. The van der Waals surface area contributed by atoms with Gasteiger partial charge in [-0.2, -0.15) is 0 Å². The minimum atomic E-state index is -0.230. The number of nitrogens with zero attached hydrogens (tertiary/aromatic N) is 4. The van der Waals surface area contributed by atoms with Gasteiger partial charge in [0.25, 0.3) is 0 Å². The number of β-amino-alcohol motifs (C(OH)–C–C–N with tert-alkyl or cyclic N) is 1. The number of fused-ring (bicyclic) bond motifs is 2. The second-order valence-electron chi connectivity index (χ2n) is 7.77. The van der Waals surface area contributed by atoms with E-state index >= 15 is 0 Å². The summed E-state index contributed by atoms with van der Waals surface area (Å²) >= 11 is 0. The van der Waals surface area contributed by atoms with Gasteiger partial charge in [0.1, 0.15) is 11.7 Å². The van der Waals surface area contributed by atoms with Gasteiger partial charge in [0.05, 0.1) is 24.0 Å². The summed E-state index contributed by atoms with van der Waals surface area (Å²) in [4.78, 5) is 11.2. The van der Waals surface area contributed by atoms with E-state index in [-0.39, 0.29) is 12.4 Å². The van der Waals surface area contributed by atoms with Crippen molar-refractivity contribution >= 4 is 11.5 Å². The molecule has 0 saturated carbocycles. The predicted molar refractivity (Wildman–Crippen MR) is 112 cm³/mol. The maximum Gasteiger partial charge on any atom is 0.137 e. The van der Waals surface area contributed by atoms with Crippen molar-refractivity contribution in [2.45, 2.75) is 13.0 Å². The standard InChI is InChI=1S/C23H23FN4O/c1-15-3-4-17(10-20(15)24)21-9-16(2)28-13-19(5-6-23(28)25-21)27-12-18-11-26(7-8-29)22(18)14-27/h3-6,9-11,13,22,29H,2,7-8,12,14H2,1H3. The molecule has 6 heteroatoms. The van der Waals surface area contributed by atoms with Crippen molar-refractivity contribution in [2.24, 2.45) is 4.99 Å². The maximum absolute atomic E-state index is 14.0. The third-order valence-electron chi connectivity index (χ3n) is 5.88. The Morgan fingerprint density at radius 2 is 2.14 bits per heavy atom. The number of allylic oxidation sites excluding steroid dienone is 2. The van der Waals surface area contributed by atoms with Crippen LogP contribution < -0.4 is 0 Å². The Bertz CT molecular complexity index is 1050. The Balaban J connectivity index is 1.35. The third-order valence-corrected chi connectivity index (χ3v) is 5.88. The first-order chi connectivity index (χ1) is 14.0. The molecule has 29 heavy (non-hydrogen) atoms. The normalized spacial score (nSPS) is 22.5. The molecule has 1 saturated heterocycles. The minimum absolute atomic E-state index is 0.176. The molecule has 1 atom stereocenters. The van der Waals surface area contributed by atoms with Gasteiger partial charge in [-0.05, 0) is 42.4 Å². The molecule has 0 aliphatic carbocycles. The van der Waals surface area contributed by atoms with Gasteiger partial charge in [-0.25, -0.2) is 9.38 Å². The van der Waals surface area contributed by atoms with E-state index in [4.69, 9.17) is 10.1 Å². The topological polar surface area (TPSA) is 42.3 Å². The van der Waals surface area contributed by atoms with Crippen molar-refractivity contribution in [3.63, 3.8) is 0 Å². The Labute approximate surface area is 169 Å². The summed E-state index contributed by atoms with van der Waals surface area (Å²) < 4.78 is 14.0. The van der Waals surface area contributed by atoms with E-state index in [1.165, 1.54) is 11.6 Å². The van der Waals surface area contributed by atoms with Crippen molar-refractivity contribution in [1.29, 1.82) is 0 Å². The molecule has 5 nitrogen and oxygen atoms in total. The number of aliphatic hydroxyl groups is 1. The molecule has 0 bridgehead atoms. The van der Waals surface area contributed by atoms with E-state index in [2.05, 4.69) is 34.9 Å². The molecule has 4 heterocycles. The zero-order chi connectivity index (χ0) is 20.1. The number of hydrogen-bond acceptors (Lipinski definition) is 5. The van der Waals surface area contributed by atoms with Crippen LogP contribution in [0.5, 0.6) is 0 Å². The Hall–Kier alpha value is -3.12. The van der Waals surface area contributed by atoms with Crippen LogP contribution in [0.2, 0.25) is 0 Å². The van der Waals surface area contributed by atoms with Crippen molar-refractivity contribution in [3.05, 3.63) is 89.3 Å². The Morgan fingerprint density at radius 3 is 2.93 bits per heavy atom. The highest BCUT2D eigenvalue weighted by molar-refractivity contribution is 6.02. The number of aliphatic imine (C=N–C) groups is 1. The number of rotatable bonds is 4. The van der Waals surface area contributed by atoms with Crippen LogP contribution in [-0.4, -0.2) is 57.9 Å². The summed E-state index contributed by atoms with van der Waals surface area (Å²) in [5.41, 5.74) is 5.41. The number of hydrogen-bond donors (Lipinski definition) is 1. The van der Waals surface area contributed by atoms with Gasteiger partial charge in [0.15, 0.2) is 0 Å². The Morgan fingerprint density at radius 1 is 1.28 bits per heavy atom. The van der Waals surface area contributed by atoms with Crippen LogP contribution in [0.1, 0.15) is 11.1 Å². The zero-order valence-electron chi connectivity index (χ0n) is 16.3. The van der Waals surface area contributed by atoms with Gasteiger partial charge in [-0.15, -0.1) is 0 Å². The first-order valence-corrected chi connectivity index (χ1v) is 9.80. The van der Waals surface area contributed by atoms with Crippen molar-refractivity contribution in [2.75, 3.05) is 26.2 Å². The fraction of sp³-hybridized carbons (Fsp3) is 0.261. The van der Waals surface area contributed by atoms with Crippen LogP contribution in [0.15, 0.2) is 77.4 Å². The van der Waals surface area contributed by atoms with E-state index in [0.717, 1.165) is 35.9 Å². The number of aliphatic hydroxyl groups excluding tert-OH is 1. The molecule has 1 aromatic rings. The number of likely N-dealkylation sites (tertiary alicyclic amines) is 1. The lowest BCUT2D eigenvalue weighted by Gasteiger charge is -2.36. The SMILES string of the molecule is C=C1C=C(c2ccc(C)c(F)c2)N=C2C=CC(N3CC4=CN(CCO)C4C3)=CN12. The van der Waals surface area contributed by atoms with Gasteiger partial charge < -0.3 is 19.8 Å². The first-order valence-electron chi connectivity index (χ1n) is 9.80. The number of benzene rings is 1. The quantitative estimate of drug-likeness (QED) is 0.858. The molecule has 148 valence electrons. The minimum Gasteiger partial charge on any atom is -0.395 e. The summed E-state index contributed by atoms with van der Waals surface area (Å²) in [6.07, 6.45) is 10.2. The second-order valence-corrected chi connectivity index (χ2v) is 7.77. The van der Waals surface area contributed by atoms with E-state index in [9.17, 15) is 4.39 Å².